The molecule has 4 fully saturated rings. The molecular formula is C27H48O13. The van der Waals surface area contributed by atoms with Gasteiger partial charge in [0.25, 0.3) is 0 Å². The molecule has 40 heavy (non-hydrogen) atoms. The van der Waals surface area contributed by atoms with Crippen LogP contribution in [0.5, 0.6) is 0 Å². The topological polar surface area (TPSA) is 131 Å². The lowest BCUT2D eigenvalue weighted by atomic mass is 9.98. The van der Waals surface area contributed by atoms with Gasteiger partial charge in [-0.2, -0.15) is 0 Å². The second-order valence-corrected chi connectivity index (χ2v) is 12.4. The Labute approximate surface area is 236 Å². The maximum atomic E-state index is 11.5. The number of methoxy groups -OCH3 is 3. The van der Waals surface area contributed by atoms with E-state index >= 15 is 0 Å². The van der Waals surface area contributed by atoms with E-state index in [-0.39, 0.29) is 13.2 Å². The summed E-state index contributed by atoms with van der Waals surface area (Å²) >= 11 is 0. The lowest BCUT2D eigenvalue weighted by molar-refractivity contribution is -0.324. The molecule has 0 aromatic heterocycles. The average molecular weight is 581 g/mol. The maximum absolute atomic E-state index is 11.5. The highest BCUT2D eigenvalue weighted by Crippen LogP contribution is 2.42. The minimum absolute atomic E-state index is 0.100. The van der Waals surface area contributed by atoms with Crippen LogP contribution in [0.3, 0.4) is 0 Å². The predicted octanol–water partition coefficient (Wildman–Crippen LogP) is 1.67. The minimum Gasteiger partial charge on any atom is -0.385 e. The standard InChI is InChI=1S/C27H48O13/c1-24(2,31-11)32-12-14-18-19(38-26(5,6)37-18)16(28)22(34-14)35-17(15-13-33-25(3,4)36-15)20-21(23(29-9)30-10)40-27(7,8)39-20/h14-23,28H,12-13H2,1-11H3/t14-,15-,16+,17-,18+,19-,20+,21-,22+/m1/s1. The first kappa shape index (κ1) is 32.4. The highest BCUT2D eigenvalue weighted by atomic mass is 16.8. The van der Waals surface area contributed by atoms with E-state index in [9.17, 15) is 5.11 Å². The second kappa shape index (κ2) is 11.9. The molecule has 1 N–H and O–H groups in total. The number of aliphatic hydroxyl groups is 1. The highest BCUT2D eigenvalue weighted by Gasteiger charge is 2.59. The second-order valence-electron chi connectivity index (χ2n) is 12.4. The van der Waals surface area contributed by atoms with Crippen molar-refractivity contribution in [1.29, 1.82) is 0 Å². The summed E-state index contributed by atoms with van der Waals surface area (Å²) in [6.45, 7) is 14.7. The maximum Gasteiger partial charge on any atom is 0.187 e. The fourth-order valence-corrected chi connectivity index (χ4v) is 5.50. The Morgan fingerprint density at radius 1 is 0.825 bits per heavy atom. The lowest BCUT2D eigenvalue weighted by Gasteiger charge is -2.43. The van der Waals surface area contributed by atoms with Gasteiger partial charge in [-0.3, -0.25) is 0 Å². The molecule has 13 heteroatoms. The van der Waals surface area contributed by atoms with Crippen LogP contribution in [0.15, 0.2) is 0 Å². The normalized spacial score (nSPS) is 39.5. The molecule has 13 nitrogen and oxygen atoms in total. The average Bonchev–Trinajstić information content (AvgIpc) is 3.50. The molecule has 4 aliphatic rings. The first-order valence-corrected chi connectivity index (χ1v) is 13.8. The van der Waals surface area contributed by atoms with Crippen molar-refractivity contribution in [2.24, 2.45) is 0 Å². The third-order valence-electron chi connectivity index (χ3n) is 7.45. The molecule has 0 bridgehead atoms. The zero-order chi connectivity index (χ0) is 29.7. The summed E-state index contributed by atoms with van der Waals surface area (Å²) in [4.78, 5) is 0. The van der Waals surface area contributed by atoms with Crippen LogP contribution in [-0.2, 0) is 56.8 Å². The fraction of sp³-hybridized carbons (Fsp3) is 1.00. The first-order valence-electron chi connectivity index (χ1n) is 13.8. The van der Waals surface area contributed by atoms with Gasteiger partial charge in [0.05, 0.1) is 13.2 Å². The number of hydrogen-bond acceptors (Lipinski definition) is 13. The third-order valence-corrected chi connectivity index (χ3v) is 7.45. The van der Waals surface area contributed by atoms with Crippen molar-refractivity contribution in [3.05, 3.63) is 0 Å². The van der Waals surface area contributed by atoms with Crippen molar-refractivity contribution in [2.45, 2.75) is 140 Å². The third kappa shape index (κ3) is 7.16. The van der Waals surface area contributed by atoms with Gasteiger partial charge in [-0.25, -0.2) is 0 Å². The number of hydrogen-bond donors (Lipinski definition) is 1. The Bertz CT molecular complexity index is 844. The van der Waals surface area contributed by atoms with Crippen LogP contribution >= 0.6 is 0 Å². The van der Waals surface area contributed by atoms with Crippen molar-refractivity contribution in [3.63, 3.8) is 0 Å². The van der Waals surface area contributed by atoms with Gasteiger partial charge in [-0.1, -0.05) is 0 Å². The molecule has 0 saturated carbocycles. The van der Waals surface area contributed by atoms with Crippen LogP contribution in [-0.4, -0.2) is 124 Å². The molecule has 0 aromatic rings. The van der Waals surface area contributed by atoms with E-state index in [1.807, 2.05) is 13.8 Å². The lowest BCUT2D eigenvalue weighted by Crippen LogP contribution is -2.61. The zero-order valence-electron chi connectivity index (χ0n) is 25.5. The molecule has 0 unspecified atom stereocenters. The van der Waals surface area contributed by atoms with Crippen LogP contribution in [0.4, 0.5) is 0 Å². The van der Waals surface area contributed by atoms with Crippen molar-refractivity contribution in [2.75, 3.05) is 34.5 Å². The van der Waals surface area contributed by atoms with Gasteiger partial charge >= 0.3 is 0 Å². The quantitative estimate of drug-likeness (QED) is 0.356. The summed E-state index contributed by atoms with van der Waals surface area (Å²) in [5.74, 6) is -3.65. The Morgan fingerprint density at radius 2 is 1.43 bits per heavy atom. The van der Waals surface area contributed by atoms with Gasteiger partial charge in [0.1, 0.15) is 48.8 Å². The van der Waals surface area contributed by atoms with Crippen molar-refractivity contribution >= 4 is 0 Å². The van der Waals surface area contributed by atoms with Crippen LogP contribution < -0.4 is 0 Å². The minimum atomic E-state index is -1.20. The van der Waals surface area contributed by atoms with E-state index < -0.39 is 84.6 Å². The zero-order valence-corrected chi connectivity index (χ0v) is 25.5. The Hall–Kier alpha value is -0.520. The monoisotopic (exact) mass is 580 g/mol. The molecule has 4 rings (SSSR count). The first-order chi connectivity index (χ1) is 18.5. The molecule has 0 aromatic carbocycles. The van der Waals surface area contributed by atoms with Gasteiger partial charge in [-0.05, 0) is 55.4 Å². The van der Waals surface area contributed by atoms with Crippen LogP contribution in [0.1, 0.15) is 55.4 Å². The number of rotatable bonds is 11. The number of ether oxygens (including phenoxy) is 12. The van der Waals surface area contributed by atoms with Gasteiger partial charge < -0.3 is 61.9 Å². The smallest absolute Gasteiger partial charge is 0.187 e. The molecule has 234 valence electrons. The summed E-state index contributed by atoms with van der Waals surface area (Å²) in [7, 11) is 4.60. The summed E-state index contributed by atoms with van der Waals surface area (Å²) in [6.07, 6.45) is -7.98. The molecule has 4 saturated heterocycles. The Morgan fingerprint density at radius 3 is 2.00 bits per heavy atom. The molecule has 0 aliphatic carbocycles. The van der Waals surface area contributed by atoms with E-state index in [1.165, 1.54) is 14.2 Å². The molecule has 0 radical (unpaired) electrons. The fourth-order valence-electron chi connectivity index (χ4n) is 5.50. The van der Waals surface area contributed by atoms with E-state index in [0.717, 1.165) is 0 Å². The largest absolute Gasteiger partial charge is 0.385 e. The summed E-state index contributed by atoms with van der Waals surface area (Å²) < 4.78 is 72.2. The number of aliphatic hydroxyl groups excluding tert-OH is 1. The van der Waals surface area contributed by atoms with Crippen molar-refractivity contribution < 1.29 is 61.9 Å². The van der Waals surface area contributed by atoms with Crippen LogP contribution in [0.2, 0.25) is 0 Å². The van der Waals surface area contributed by atoms with E-state index in [1.54, 1.807) is 48.7 Å². The Balaban J connectivity index is 1.63. The number of fused-ring (bicyclic) bond motifs is 1. The predicted molar refractivity (Wildman–Crippen MR) is 137 cm³/mol. The molecule has 0 spiro atoms. The molecular weight excluding hydrogens is 532 g/mol. The van der Waals surface area contributed by atoms with E-state index in [2.05, 4.69) is 0 Å². The van der Waals surface area contributed by atoms with Gasteiger partial charge in [0, 0.05) is 21.3 Å². The van der Waals surface area contributed by atoms with Crippen molar-refractivity contribution in [1.82, 2.24) is 0 Å². The highest BCUT2D eigenvalue weighted by molar-refractivity contribution is 4.99. The van der Waals surface area contributed by atoms with Crippen LogP contribution in [0.25, 0.3) is 0 Å². The summed E-state index contributed by atoms with van der Waals surface area (Å²) in [5, 5.41) is 11.5. The van der Waals surface area contributed by atoms with Gasteiger partial charge in [0.2, 0.25) is 0 Å². The Kier molecular flexibility index (Phi) is 9.61. The molecule has 4 aliphatic heterocycles. The molecule has 9 atom stereocenters. The van der Waals surface area contributed by atoms with Crippen LogP contribution in [0, 0.1) is 0 Å². The van der Waals surface area contributed by atoms with Gasteiger partial charge in [-0.15, -0.1) is 0 Å². The van der Waals surface area contributed by atoms with E-state index in [4.69, 9.17) is 56.8 Å². The van der Waals surface area contributed by atoms with Crippen molar-refractivity contribution in [3.8, 4) is 0 Å². The molecule has 4 heterocycles. The van der Waals surface area contributed by atoms with E-state index in [0.29, 0.717) is 0 Å². The molecule has 0 amide bonds. The van der Waals surface area contributed by atoms with Gasteiger partial charge in [0.15, 0.2) is 35.7 Å². The summed E-state index contributed by atoms with van der Waals surface area (Å²) in [6, 6.07) is 0. The SMILES string of the molecule is COC(OC)[C@@H]1OC(C)(C)O[C@H]1[C@H](O[C@@H]1O[C@H](COC(C)(C)OC)[C@@H]2OC(C)(C)O[C@@H]2[C@@H]1O)[C@H]1COC(C)(C)O1. The summed E-state index contributed by atoms with van der Waals surface area (Å²) in [5.41, 5.74) is 0.